The molecule has 0 N–H and O–H groups in total. The highest BCUT2D eigenvalue weighted by molar-refractivity contribution is 6.68. The van der Waals surface area contributed by atoms with E-state index in [1.54, 1.807) is 19.2 Å². The number of ether oxygens (including phenoxy) is 1. The van der Waals surface area contributed by atoms with E-state index in [1.807, 2.05) is 13.8 Å². The maximum Gasteiger partial charge on any atom is 0.252 e. The lowest BCUT2D eigenvalue weighted by molar-refractivity contribution is 0.108. The third-order valence-electron chi connectivity index (χ3n) is 1.94. The molecule has 0 spiro atoms. The van der Waals surface area contributed by atoms with Gasteiger partial charge in [0, 0.05) is 5.56 Å². The van der Waals surface area contributed by atoms with Crippen LogP contribution in [-0.2, 0) is 0 Å². The lowest BCUT2D eigenvalue weighted by Gasteiger charge is -2.07. The minimum atomic E-state index is -0.419. The van der Waals surface area contributed by atoms with E-state index in [0.29, 0.717) is 5.56 Å². The molecule has 0 aromatic heterocycles. The first-order chi connectivity index (χ1) is 6.06. The van der Waals surface area contributed by atoms with Crippen molar-refractivity contribution in [1.29, 1.82) is 0 Å². The topological polar surface area (TPSA) is 26.3 Å². The standard InChI is InChI=1S/C10H11ClO2/c1-6-4-8(13-3)5-7(2)9(6)10(11)12/h4-5H,1-3H3. The van der Waals surface area contributed by atoms with Crippen molar-refractivity contribution in [1.82, 2.24) is 0 Å². The van der Waals surface area contributed by atoms with Crippen molar-refractivity contribution in [2.75, 3.05) is 7.11 Å². The molecule has 0 amide bonds. The Labute approximate surface area is 82.5 Å². The van der Waals surface area contributed by atoms with Crippen molar-refractivity contribution in [3.05, 3.63) is 28.8 Å². The number of aryl methyl sites for hydroxylation is 2. The molecule has 13 heavy (non-hydrogen) atoms. The van der Waals surface area contributed by atoms with Crippen LogP contribution in [0.3, 0.4) is 0 Å². The average Bonchev–Trinajstić information content (AvgIpc) is 2.02. The zero-order chi connectivity index (χ0) is 10.0. The van der Waals surface area contributed by atoms with Gasteiger partial charge in [0.25, 0.3) is 5.24 Å². The molecular weight excluding hydrogens is 188 g/mol. The maximum atomic E-state index is 11.0. The summed E-state index contributed by atoms with van der Waals surface area (Å²) in [4.78, 5) is 11.0. The molecule has 3 heteroatoms. The van der Waals surface area contributed by atoms with Gasteiger partial charge in [-0.3, -0.25) is 4.79 Å². The van der Waals surface area contributed by atoms with Gasteiger partial charge in [0.2, 0.25) is 0 Å². The first kappa shape index (κ1) is 10.1. The van der Waals surface area contributed by atoms with Crippen LogP contribution in [-0.4, -0.2) is 12.4 Å². The van der Waals surface area contributed by atoms with Gasteiger partial charge < -0.3 is 4.74 Å². The quantitative estimate of drug-likeness (QED) is 0.683. The van der Waals surface area contributed by atoms with Crippen LogP contribution in [0, 0.1) is 13.8 Å². The second-order valence-electron chi connectivity index (χ2n) is 2.91. The number of halogens is 1. The molecule has 0 aliphatic heterocycles. The van der Waals surface area contributed by atoms with Crippen LogP contribution < -0.4 is 4.74 Å². The molecule has 0 aliphatic carbocycles. The van der Waals surface area contributed by atoms with E-state index in [1.165, 1.54) is 0 Å². The Morgan fingerprint density at radius 3 is 2.08 bits per heavy atom. The number of hydrogen-bond acceptors (Lipinski definition) is 2. The Balaban J connectivity index is 3.31. The fourth-order valence-electron chi connectivity index (χ4n) is 1.35. The maximum absolute atomic E-state index is 11.0. The van der Waals surface area contributed by atoms with Crippen molar-refractivity contribution in [2.45, 2.75) is 13.8 Å². The van der Waals surface area contributed by atoms with Gasteiger partial charge >= 0.3 is 0 Å². The van der Waals surface area contributed by atoms with E-state index in [9.17, 15) is 4.79 Å². The van der Waals surface area contributed by atoms with E-state index in [-0.39, 0.29) is 0 Å². The highest BCUT2D eigenvalue weighted by atomic mass is 35.5. The summed E-state index contributed by atoms with van der Waals surface area (Å²) >= 11 is 5.43. The van der Waals surface area contributed by atoms with E-state index in [0.717, 1.165) is 16.9 Å². The molecule has 1 rings (SSSR count). The first-order valence-electron chi connectivity index (χ1n) is 3.91. The number of benzene rings is 1. The monoisotopic (exact) mass is 198 g/mol. The van der Waals surface area contributed by atoms with Crippen molar-refractivity contribution in [2.24, 2.45) is 0 Å². The molecule has 1 aromatic rings. The Kier molecular flexibility index (Phi) is 2.94. The number of rotatable bonds is 2. The number of hydrogen-bond donors (Lipinski definition) is 0. The summed E-state index contributed by atoms with van der Waals surface area (Å²) in [6, 6.07) is 3.59. The lowest BCUT2D eigenvalue weighted by atomic mass is 10.0. The predicted molar refractivity (Wildman–Crippen MR) is 52.7 cm³/mol. The van der Waals surface area contributed by atoms with Crippen LogP contribution in [0.15, 0.2) is 12.1 Å². The minimum absolute atomic E-state index is 0.419. The SMILES string of the molecule is COc1cc(C)c(C(=O)Cl)c(C)c1. The smallest absolute Gasteiger partial charge is 0.252 e. The number of methoxy groups -OCH3 is 1. The van der Waals surface area contributed by atoms with Crippen LogP contribution in [0.1, 0.15) is 21.5 Å². The summed E-state index contributed by atoms with van der Waals surface area (Å²) < 4.78 is 5.06. The Morgan fingerprint density at radius 2 is 1.77 bits per heavy atom. The zero-order valence-electron chi connectivity index (χ0n) is 7.85. The van der Waals surface area contributed by atoms with Gasteiger partial charge in [-0.05, 0) is 48.7 Å². The molecule has 0 atom stereocenters. The van der Waals surface area contributed by atoms with Gasteiger partial charge in [0.05, 0.1) is 7.11 Å². The summed E-state index contributed by atoms with van der Waals surface area (Å²) in [5.41, 5.74) is 2.26. The molecule has 0 saturated carbocycles. The highest BCUT2D eigenvalue weighted by Crippen LogP contribution is 2.22. The fraction of sp³-hybridized carbons (Fsp3) is 0.300. The van der Waals surface area contributed by atoms with Gasteiger partial charge in [0.15, 0.2) is 0 Å². The molecule has 0 bridgehead atoms. The van der Waals surface area contributed by atoms with Gasteiger partial charge in [0.1, 0.15) is 5.75 Å². The third kappa shape index (κ3) is 2.01. The van der Waals surface area contributed by atoms with Crippen LogP contribution in [0.2, 0.25) is 0 Å². The number of carbonyl (C=O) groups excluding carboxylic acids is 1. The second kappa shape index (κ2) is 3.79. The zero-order valence-corrected chi connectivity index (χ0v) is 8.61. The average molecular weight is 199 g/mol. The minimum Gasteiger partial charge on any atom is -0.497 e. The molecule has 0 heterocycles. The fourth-order valence-corrected chi connectivity index (χ4v) is 1.65. The molecule has 0 radical (unpaired) electrons. The summed E-state index contributed by atoms with van der Waals surface area (Å²) in [6.45, 7) is 3.68. The van der Waals surface area contributed by atoms with Gasteiger partial charge in [-0.2, -0.15) is 0 Å². The molecule has 2 nitrogen and oxygen atoms in total. The van der Waals surface area contributed by atoms with E-state index >= 15 is 0 Å². The van der Waals surface area contributed by atoms with Crippen molar-refractivity contribution < 1.29 is 9.53 Å². The van der Waals surface area contributed by atoms with Gasteiger partial charge in [-0.15, -0.1) is 0 Å². The van der Waals surface area contributed by atoms with E-state index in [4.69, 9.17) is 16.3 Å². The molecule has 0 saturated heterocycles. The Hall–Kier alpha value is -1.02. The molecule has 1 aromatic carbocycles. The second-order valence-corrected chi connectivity index (χ2v) is 3.25. The predicted octanol–water partition coefficient (Wildman–Crippen LogP) is 2.69. The van der Waals surface area contributed by atoms with E-state index < -0.39 is 5.24 Å². The van der Waals surface area contributed by atoms with Crippen molar-refractivity contribution in [3.63, 3.8) is 0 Å². The highest BCUT2D eigenvalue weighted by Gasteiger charge is 2.10. The van der Waals surface area contributed by atoms with Crippen LogP contribution in [0.25, 0.3) is 0 Å². The van der Waals surface area contributed by atoms with Gasteiger partial charge in [-0.25, -0.2) is 0 Å². The molecule has 0 fully saturated rings. The molecule has 70 valence electrons. The van der Waals surface area contributed by atoms with Crippen LogP contribution in [0.4, 0.5) is 0 Å². The lowest BCUT2D eigenvalue weighted by Crippen LogP contribution is -1.98. The van der Waals surface area contributed by atoms with Crippen molar-refractivity contribution in [3.8, 4) is 5.75 Å². The van der Waals surface area contributed by atoms with E-state index in [2.05, 4.69) is 0 Å². The molecular formula is C10H11ClO2. The van der Waals surface area contributed by atoms with Gasteiger partial charge in [-0.1, -0.05) is 0 Å². The summed E-state index contributed by atoms with van der Waals surface area (Å²) in [7, 11) is 1.59. The summed E-state index contributed by atoms with van der Waals surface area (Å²) in [6.07, 6.45) is 0. The Morgan fingerprint density at radius 1 is 1.31 bits per heavy atom. The Bertz CT molecular complexity index is 322. The largest absolute Gasteiger partial charge is 0.497 e. The summed E-state index contributed by atoms with van der Waals surface area (Å²) in [5, 5.41) is -0.419. The first-order valence-corrected chi connectivity index (χ1v) is 4.29. The third-order valence-corrected chi connectivity index (χ3v) is 2.13. The summed E-state index contributed by atoms with van der Waals surface area (Å²) in [5.74, 6) is 0.747. The molecule has 0 unspecified atom stereocenters. The molecule has 0 aliphatic rings. The van der Waals surface area contributed by atoms with Crippen molar-refractivity contribution >= 4 is 16.8 Å². The number of carbonyl (C=O) groups is 1. The normalized spacial score (nSPS) is 9.85. The van der Waals surface area contributed by atoms with Crippen LogP contribution in [0.5, 0.6) is 5.75 Å². The van der Waals surface area contributed by atoms with Crippen LogP contribution >= 0.6 is 11.6 Å².